The molecule has 3 rings (SSSR count). The number of ether oxygens (including phenoxy) is 2. The third kappa shape index (κ3) is 4.54. The number of nitrogens with one attached hydrogen (secondary N) is 1. The maximum atomic E-state index is 12.5. The lowest BCUT2D eigenvalue weighted by Crippen LogP contribution is -2.24. The van der Waals surface area contributed by atoms with Crippen molar-refractivity contribution in [2.24, 2.45) is 0 Å². The molecule has 1 N–H and O–H groups in total. The molecule has 0 unspecified atom stereocenters. The molecule has 1 amide bonds. The van der Waals surface area contributed by atoms with Crippen LogP contribution in [0.3, 0.4) is 0 Å². The summed E-state index contributed by atoms with van der Waals surface area (Å²) in [5.74, 6) is 0.356. The SMILES string of the molecule is Cc1c(C#N)c(NC(=O)COc2ccc(C#N)cc2Cl)n(C[C@H]2CCCO2)c1C. The van der Waals surface area contributed by atoms with E-state index in [2.05, 4.69) is 11.4 Å². The van der Waals surface area contributed by atoms with Crippen LogP contribution in [0.1, 0.15) is 35.2 Å². The second kappa shape index (κ2) is 9.00. The van der Waals surface area contributed by atoms with E-state index < -0.39 is 5.91 Å². The lowest BCUT2D eigenvalue weighted by atomic mass is 10.2. The van der Waals surface area contributed by atoms with Gasteiger partial charge < -0.3 is 19.4 Å². The maximum Gasteiger partial charge on any atom is 0.263 e. The number of carbonyl (C=O) groups excluding carboxylic acids is 1. The molecule has 1 aromatic heterocycles. The van der Waals surface area contributed by atoms with Gasteiger partial charge in [-0.1, -0.05) is 11.6 Å². The number of nitrogens with zero attached hydrogens (tertiary/aromatic N) is 3. The monoisotopic (exact) mass is 412 g/mol. The Kier molecular flexibility index (Phi) is 6.43. The maximum absolute atomic E-state index is 12.5. The zero-order chi connectivity index (χ0) is 21.0. The summed E-state index contributed by atoms with van der Waals surface area (Å²) in [6.45, 7) is 4.82. The summed E-state index contributed by atoms with van der Waals surface area (Å²) in [4.78, 5) is 12.5. The first-order valence-electron chi connectivity index (χ1n) is 9.28. The highest BCUT2D eigenvalue weighted by Gasteiger charge is 2.24. The topological polar surface area (TPSA) is 100 Å². The van der Waals surface area contributed by atoms with E-state index in [1.54, 1.807) is 12.1 Å². The van der Waals surface area contributed by atoms with Gasteiger partial charge in [-0.2, -0.15) is 10.5 Å². The van der Waals surface area contributed by atoms with Crippen LogP contribution < -0.4 is 10.1 Å². The molecule has 29 heavy (non-hydrogen) atoms. The normalized spacial score (nSPS) is 15.6. The van der Waals surface area contributed by atoms with Crippen molar-refractivity contribution in [3.05, 3.63) is 45.6 Å². The number of nitriles is 2. The quantitative estimate of drug-likeness (QED) is 0.779. The molecule has 2 heterocycles. The summed E-state index contributed by atoms with van der Waals surface area (Å²) < 4.78 is 13.1. The van der Waals surface area contributed by atoms with E-state index >= 15 is 0 Å². The second-order valence-corrected chi connectivity index (χ2v) is 7.29. The van der Waals surface area contributed by atoms with Gasteiger partial charge in [0.05, 0.1) is 34.9 Å². The molecule has 1 aliphatic heterocycles. The smallest absolute Gasteiger partial charge is 0.263 e. The fourth-order valence-electron chi connectivity index (χ4n) is 3.35. The van der Waals surface area contributed by atoms with Crippen LogP contribution in [-0.2, 0) is 16.1 Å². The van der Waals surface area contributed by atoms with Gasteiger partial charge in [-0.25, -0.2) is 0 Å². The number of halogens is 1. The molecule has 8 heteroatoms. The van der Waals surface area contributed by atoms with E-state index in [0.29, 0.717) is 29.2 Å². The molecule has 1 aliphatic rings. The largest absolute Gasteiger partial charge is 0.482 e. The van der Waals surface area contributed by atoms with Gasteiger partial charge in [-0.3, -0.25) is 4.79 Å². The van der Waals surface area contributed by atoms with Crippen molar-refractivity contribution in [3.63, 3.8) is 0 Å². The van der Waals surface area contributed by atoms with Crippen LogP contribution in [0.15, 0.2) is 18.2 Å². The molecule has 1 aromatic carbocycles. The predicted octanol–water partition coefficient (Wildman–Crippen LogP) is 3.70. The first-order valence-corrected chi connectivity index (χ1v) is 9.66. The summed E-state index contributed by atoms with van der Waals surface area (Å²) in [6, 6.07) is 8.75. The summed E-state index contributed by atoms with van der Waals surface area (Å²) in [6.07, 6.45) is 2.03. The number of amides is 1. The van der Waals surface area contributed by atoms with Crippen LogP contribution in [-0.4, -0.2) is 29.8 Å². The fraction of sp³-hybridized carbons (Fsp3) is 0.381. The zero-order valence-electron chi connectivity index (χ0n) is 16.3. The van der Waals surface area contributed by atoms with E-state index in [1.807, 2.05) is 24.5 Å². The minimum Gasteiger partial charge on any atom is -0.482 e. The van der Waals surface area contributed by atoms with Crippen molar-refractivity contribution >= 4 is 23.3 Å². The highest BCUT2D eigenvalue weighted by Crippen LogP contribution is 2.29. The zero-order valence-corrected chi connectivity index (χ0v) is 17.0. The van der Waals surface area contributed by atoms with Crippen LogP contribution in [0.4, 0.5) is 5.82 Å². The molecule has 150 valence electrons. The number of anilines is 1. The number of benzene rings is 1. The number of hydrogen-bond donors (Lipinski definition) is 1. The van der Waals surface area contributed by atoms with Crippen LogP contribution >= 0.6 is 11.6 Å². The van der Waals surface area contributed by atoms with Gasteiger partial charge in [0.25, 0.3) is 5.91 Å². The third-order valence-electron chi connectivity index (χ3n) is 5.03. The van der Waals surface area contributed by atoms with Gasteiger partial charge in [-0.05, 0) is 50.5 Å². The number of aromatic nitrogens is 1. The van der Waals surface area contributed by atoms with Crippen LogP contribution in [0.2, 0.25) is 5.02 Å². The van der Waals surface area contributed by atoms with E-state index in [9.17, 15) is 10.1 Å². The standard InChI is InChI=1S/C21H21ClN4O3/c1-13-14(2)26(11-16-4-3-7-28-16)21(17(13)10-24)25-20(27)12-29-19-6-5-15(9-23)8-18(19)22/h5-6,8,16H,3-4,7,11-12H2,1-2H3,(H,25,27)/t16-/m1/s1. The number of carbonyl (C=O) groups is 1. The van der Waals surface area contributed by atoms with Gasteiger partial charge in [0, 0.05) is 12.3 Å². The minimum absolute atomic E-state index is 0.0661. The Bertz CT molecular complexity index is 1010. The molecule has 2 aromatic rings. The van der Waals surface area contributed by atoms with E-state index in [4.69, 9.17) is 26.3 Å². The molecule has 1 fully saturated rings. The van der Waals surface area contributed by atoms with Crippen molar-refractivity contribution in [1.82, 2.24) is 4.57 Å². The molecule has 0 bridgehead atoms. The molecular formula is C21H21ClN4O3. The number of rotatable bonds is 6. The Morgan fingerprint density at radius 3 is 2.79 bits per heavy atom. The van der Waals surface area contributed by atoms with Gasteiger partial charge in [0.15, 0.2) is 6.61 Å². The van der Waals surface area contributed by atoms with Crippen LogP contribution in [0.5, 0.6) is 5.75 Å². The third-order valence-corrected chi connectivity index (χ3v) is 5.32. The molecular weight excluding hydrogens is 392 g/mol. The van der Waals surface area contributed by atoms with Gasteiger partial charge >= 0.3 is 0 Å². The summed E-state index contributed by atoms with van der Waals surface area (Å²) in [5, 5.41) is 21.5. The van der Waals surface area contributed by atoms with E-state index in [-0.39, 0.29) is 17.7 Å². The van der Waals surface area contributed by atoms with Crippen molar-refractivity contribution in [3.8, 4) is 17.9 Å². The first-order chi connectivity index (χ1) is 13.9. The van der Waals surface area contributed by atoms with Crippen molar-refractivity contribution in [2.75, 3.05) is 18.5 Å². The van der Waals surface area contributed by atoms with Gasteiger partial charge in [-0.15, -0.1) is 0 Å². The number of hydrogen-bond acceptors (Lipinski definition) is 5. The van der Waals surface area contributed by atoms with Gasteiger partial charge in [0.1, 0.15) is 17.6 Å². The van der Waals surface area contributed by atoms with Gasteiger partial charge in [0.2, 0.25) is 0 Å². The first kappa shape index (κ1) is 20.7. The Hall–Kier alpha value is -3.00. The van der Waals surface area contributed by atoms with Crippen molar-refractivity contribution in [2.45, 2.75) is 39.3 Å². The molecule has 7 nitrogen and oxygen atoms in total. The van der Waals surface area contributed by atoms with Crippen molar-refractivity contribution in [1.29, 1.82) is 10.5 Å². The summed E-state index contributed by atoms with van der Waals surface area (Å²) >= 11 is 6.08. The Morgan fingerprint density at radius 2 is 2.17 bits per heavy atom. The van der Waals surface area contributed by atoms with Crippen LogP contribution in [0, 0.1) is 36.5 Å². The second-order valence-electron chi connectivity index (χ2n) is 6.89. The summed E-state index contributed by atoms with van der Waals surface area (Å²) in [7, 11) is 0. The molecule has 0 saturated carbocycles. The fourth-order valence-corrected chi connectivity index (χ4v) is 3.58. The van der Waals surface area contributed by atoms with Crippen LogP contribution in [0.25, 0.3) is 0 Å². The Balaban J connectivity index is 1.74. The minimum atomic E-state index is -0.409. The molecule has 1 atom stereocenters. The molecule has 0 spiro atoms. The predicted molar refractivity (Wildman–Crippen MR) is 108 cm³/mol. The van der Waals surface area contributed by atoms with E-state index in [1.165, 1.54) is 6.07 Å². The molecule has 0 radical (unpaired) electrons. The average molecular weight is 413 g/mol. The Labute approximate surface area is 174 Å². The highest BCUT2D eigenvalue weighted by molar-refractivity contribution is 6.32. The van der Waals surface area contributed by atoms with E-state index in [0.717, 1.165) is 30.7 Å². The lowest BCUT2D eigenvalue weighted by molar-refractivity contribution is -0.118. The molecule has 0 aliphatic carbocycles. The molecule has 1 saturated heterocycles. The highest BCUT2D eigenvalue weighted by atomic mass is 35.5. The van der Waals surface area contributed by atoms with Crippen molar-refractivity contribution < 1.29 is 14.3 Å². The summed E-state index contributed by atoms with van der Waals surface area (Å²) in [5.41, 5.74) is 2.59. The average Bonchev–Trinajstić information content (AvgIpc) is 3.30. The Morgan fingerprint density at radius 1 is 1.38 bits per heavy atom. The lowest BCUT2D eigenvalue weighted by Gasteiger charge is -2.17.